The number of fused-ring (bicyclic) bond motifs is 1. The van der Waals surface area contributed by atoms with Crippen molar-refractivity contribution in [3.8, 4) is 0 Å². The molecule has 1 fully saturated rings. The minimum Gasteiger partial charge on any atom is -0.385 e. The van der Waals surface area contributed by atoms with Gasteiger partial charge >= 0.3 is 18.9 Å². The Morgan fingerprint density at radius 2 is 2.00 bits per heavy atom. The third-order valence-corrected chi connectivity index (χ3v) is 2.39. The molecular weight excluding hydrogens is 143 g/mol. The Bertz CT molecular complexity index is 168. The van der Waals surface area contributed by atoms with Crippen molar-refractivity contribution in [2.24, 2.45) is 4.99 Å². The van der Waals surface area contributed by atoms with Gasteiger partial charge in [-0.3, -0.25) is 0 Å². The van der Waals surface area contributed by atoms with Crippen LogP contribution in [-0.2, 0) is 0 Å². The Morgan fingerprint density at radius 1 is 1.17 bits per heavy atom. The van der Waals surface area contributed by atoms with E-state index >= 15 is 0 Å². The molecule has 0 N–H and O–H groups in total. The summed E-state index contributed by atoms with van der Waals surface area (Å²) in [5.41, 5.74) is 0. The first kappa shape index (κ1) is 10.0. The number of amidine groups is 1. The van der Waals surface area contributed by atoms with Gasteiger partial charge in [0.25, 0.3) is 0 Å². The molecule has 0 aromatic heterocycles. The number of rotatable bonds is 0. The van der Waals surface area contributed by atoms with E-state index < -0.39 is 0 Å². The molecule has 2 nitrogen and oxygen atoms in total. The van der Waals surface area contributed by atoms with Crippen molar-refractivity contribution in [3.05, 3.63) is 6.42 Å². The van der Waals surface area contributed by atoms with Crippen LogP contribution in [0.3, 0.4) is 0 Å². The minimum atomic E-state index is 0. The summed E-state index contributed by atoms with van der Waals surface area (Å²) >= 11 is 0. The third-order valence-electron chi connectivity index (χ3n) is 2.39. The summed E-state index contributed by atoms with van der Waals surface area (Å²) in [6.07, 6.45) is 7.46. The molecule has 0 radical (unpaired) electrons. The zero-order valence-corrected chi connectivity index (χ0v) is 7.92. The predicted molar refractivity (Wildman–Crippen MR) is 46.6 cm³/mol. The van der Waals surface area contributed by atoms with E-state index in [4.69, 9.17) is 0 Å². The number of aliphatic imine (C=N–C) groups is 1. The molecule has 0 aromatic rings. The molecule has 2 aliphatic heterocycles. The maximum atomic E-state index is 4.50. The van der Waals surface area contributed by atoms with Gasteiger partial charge in [0, 0.05) is 19.6 Å². The summed E-state index contributed by atoms with van der Waals surface area (Å²) in [7, 11) is 0. The van der Waals surface area contributed by atoms with Crippen LogP contribution in [0.15, 0.2) is 4.99 Å². The molecule has 2 aliphatic rings. The van der Waals surface area contributed by atoms with E-state index in [2.05, 4.69) is 16.3 Å². The summed E-state index contributed by atoms with van der Waals surface area (Å²) in [6.45, 7) is 3.51. The topological polar surface area (TPSA) is 15.6 Å². The summed E-state index contributed by atoms with van der Waals surface area (Å²) in [4.78, 5) is 6.93. The van der Waals surface area contributed by atoms with Crippen LogP contribution in [-0.4, -0.2) is 30.4 Å². The maximum absolute atomic E-state index is 4.50. The second kappa shape index (κ2) is 4.84. The summed E-state index contributed by atoms with van der Waals surface area (Å²) in [5.74, 6) is 1.27. The third kappa shape index (κ3) is 2.21. The van der Waals surface area contributed by atoms with Crippen LogP contribution in [0.25, 0.3) is 0 Å². The van der Waals surface area contributed by atoms with Crippen LogP contribution in [0, 0.1) is 6.42 Å². The molecule has 0 unspecified atom stereocenters. The van der Waals surface area contributed by atoms with Crippen molar-refractivity contribution in [3.63, 3.8) is 0 Å². The molecule has 12 heavy (non-hydrogen) atoms. The van der Waals surface area contributed by atoms with Crippen molar-refractivity contribution in [2.45, 2.75) is 25.7 Å². The fourth-order valence-corrected chi connectivity index (χ4v) is 1.77. The number of nitrogens with zero attached hydrogens (tertiary/aromatic N) is 2. The van der Waals surface area contributed by atoms with Crippen molar-refractivity contribution >= 4 is 5.84 Å². The zero-order chi connectivity index (χ0) is 7.52. The van der Waals surface area contributed by atoms with E-state index in [0.717, 1.165) is 6.54 Å². The molecule has 0 saturated carbocycles. The van der Waals surface area contributed by atoms with E-state index in [1.807, 2.05) is 0 Å². The Labute approximate surface area is 86.6 Å². The first-order valence-electron chi connectivity index (χ1n) is 4.59. The minimum absolute atomic E-state index is 0. The summed E-state index contributed by atoms with van der Waals surface area (Å²) < 4.78 is 0. The van der Waals surface area contributed by atoms with Gasteiger partial charge in [0.15, 0.2) is 0 Å². The Kier molecular flexibility index (Phi) is 4.04. The second-order valence-electron chi connectivity index (χ2n) is 3.28. The second-order valence-corrected chi connectivity index (χ2v) is 3.28. The first-order chi connectivity index (χ1) is 5.47. The van der Waals surface area contributed by atoms with Gasteiger partial charge in [-0.1, -0.05) is 6.42 Å². The van der Waals surface area contributed by atoms with Crippen molar-refractivity contribution in [1.29, 1.82) is 0 Å². The van der Waals surface area contributed by atoms with Crippen molar-refractivity contribution in [2.75, 3.05) is 19.6 Å². The van der Waals surface area contributed by atoms with Gasteiger partial charge in [-0.15, -0.1) is 0 Å². The monoisotopic (exact) mass is 158 g/mol. The summed E-state index contributed by atoms with van der Waals surface area (Å²) in [5, 5.41) is 0. The van der Waals surface area contributed by atoms with Crippen LogP contribution in [0.1, 0.15) is 25.7 Å². The molecule has 0 aromatic carbocycles. The standard InChI is InChI=1S/C9H15N2.Li/c1-2-5-9-10-6-4-8-11(9)7-3-1;/h5H,1-4,6-8H2;/q-1;+1. The van der Waals surface area contributed by atoms with Crippen molar-refractivity contribution < 1.29 is 18.9 Å². The quantitative estimate of drug-likeness (QED) is 0.309. The van der Waals surface area contributed by atoms with Gasteiger partial charge in [-0.05, 0) is 18.7 Å². The maximum Gasteiger partial charge on any atom is 1.00 e. The molecule has 62 valence electrons. The van der Waals surface area contributed by atoms with Crippen molar-refractivity contribution in [1.82, 2.24) is 4.90 Å². The molecular formula is C9H15LiN2. The van der Waals surface area contributed by atoms with Crippen LogP contribution >= 0.6 is 0 Å². The van der Waals surface area contributed by atoms with Crippen LogP contribution in [0.5, 0.6) is 0 Å². The molecule has 0 spiro atoms. The molecule has 1 saturated heterocycles. The molecule has 0 amide bonds. The number of hydrogen-bond donors (Lipinski definition) is 0. The normalized spacial score (nSPS) is 22.7. The van der Waals surface area contributed by atoms with E-state index in [0.29, 0.717) is 0 Å². The van der Waals surface area contributed by atoms with E-state index in [1.165, 1.54) is 44.6 Å². The molecule has 0 atom stereocenters. The SMILES string of the molecule is [CH-]1CCCCN2CCCN=C12.[Li+]. The van der Waals surface area contributed by atoms with Crippen LogP contribution in [0.4, 0.5) is 0 Å². The predicted octanol–water partition coefficient (Wildman–Crippen LogP) is -1.52. The van der Waals surface area contributed by atoms with Gasteiger partial charge in [-0.2, -0.15) is 6.42 Å². The fraction of sp³-hybridized carbons (Fsp3) is 0.778. The van der Waals surface area contributed by atoms with Crippen LogP contribution < -0.4 is 18.9 Å². The van der Waals surface area contributed by atoms with Gasteiger partial charge in [-0.25, -0.2) is 0 Å². The van der Waals surface area contributed by atoms with E-state index in [1.54, 1.807) is 0 Å². The molecule has 2 rings (SSSR count). The first-order valence-corrected chi connectivity index (χ1v) is 4.59. The fourth-order valence-electron chi connectivity index (χ4n) is 1.77. The van der Waals surface area contributed by atoms with Gasteiger partial charge in [0.1, 0.15) is 0 Å². The van der Waals surface area contributed by atoms with E-state index in [-0.39, 0.29) is 18.9 Å². The molecule has 2 heterocycles. The van der Waals surface area contributed by atoms with Gasteiger partial charge < -0.3 is 16.3 Å². The average Bonchev–Trinajstić information content (AvgIpc) is 2.28. The van der Waals surface area contributed by atoms with E-state index in [9.17, 15) is 0 Å². The van der Waals surface area contributed by atoms with Crippen LogP contribution in [0.2, 0.25) is 0 Å². The Hall–Kier alpha value is -0.0626. The molecule has 3 heteroatoms. The van der Waals surface area contributed by atoms with Gasteiger partial charge in [0.2, 0.25) is 0 Å². The molecule has 0 bridgehead atoms. The number of hydrogen-bond acceptors (Lipinski definition) is 2. The Balaban J connectivity index is 0.000000720. The zero-order valence-electron chi connectivity index (χ0n) is 7.92. The summed E-state index contributed by atoms with van der Waals surface area (Å²) in [6, 6.07) is 0. The molecule has 0 aliphatic carbocycles. The smallest absolute Gasteiger partial charge is 0.385 e. The largest absolute Gasteiger partial charge is 1.00 e. The average molecular weight is 158 g/mol. The Morgan fingerprint density at radius 3 is 2.92 bits per heavy atom. The van der Waals surface area contributed by atoms with Gasteiger partial charge in [0.05, 0.1) is 0 Å².